The molecular formula is C9H17NO6S. The number of carboxylic acid groups (broad SMARTS) is 1. The van der Waals surface area contributed by atoms with E-state index in [9.17, 15) is 18.0 Å². The highest BCUT2D eigenvalue weighted by atomic mass is 32.2. The van der Waals surface area contributed by atoms with E-state index < -0.39 is 39.1 Å². The minimum absolute atomic E-state index is 0.220. The summed E-state index contributed by atoms with van der Waals surface area (Å²) in [7, 11) is -2.27. The Balaban J connectivity index is 4.24. The van der Waals surface area contributed by atoms with Crippen LogP contribution >= 0.6 is 0 Å². The van der Waals surface area contributed by atoms with Gasteiger partial charge in [0.25, 0.3) is 0 Å². The second-order valence-electron chi connectivity index (χ2n) is 3.56. The van der Waals surface area contributed by atoms with Crippen LogP contribution in [0.5, 0.6) is 0 Å². The number of carbonyl (C=O) groups excluding carboxylic acids is 1. The molecule has 1 atom stereocenters. The molecule has 0 bridgehead atoms. The molecule has 1 amide bonds. The Morgan fingerprint density at radius 2 is 2.00 bits per heavy atom. The molecule has 100 valence electrons. The first kappa shape index (κ1) is 15.9. The van der Waals surface area contributed by atoms with Gasteiger partial charge in [-0.1, -0.05) is 0 Å². The Bertz CT molecular complexity index is 364. The summed E-state index contributed by atoms with van der Waals surface area (Å²) in [5.74, 6) is -2.56. The normalized spacial score (nSPS) is 13.1. The van der Waals surface area contributed by atoms with Crippen LogP contribution in [0.25, 0.3) is 0 Å². The lowest BCUT2D eigenvalue weighted by atomic mass is 10.3. The molecule has 7 nitrogen and oxygen atoms in total. The van der Waals surface area contributed by atoms with Crippen LogP contribution in [0.4, 0.5) is 0 Å². The van der Waals surface area contributed by atoms with Crippen molar-refractivity contribution in [2.24, 2.45) is 0 Å². The number of carboxylic acids is 1. The Hall–Kier alpha value is -1.15. The van der Waals surface area contributed by atoms with E-state index in [4.69, 9.17) is 5.11 Å². The molecule has 1 unspecified atom stereocenters. The highest BCUT2D eigenvalue weighted by Gasteiger charge is 2.26. The van der Waals surface area contributed by atoms with Crippen LogP contribution in [0.15, 0.2) is 0 Å². The molecule has 0 rings (SSSR count). The number of hydrogen-bond acceptors (Lipinski definition) is 5. The summed E-state index contributed by atoms with van der Waals surface area (Å²) >= 11 is 0. The smallest absolute Gasteiger partial charge is 0.304 e. The minimum Gasteiger partial charge on any atom is -0.481 e. The summed E-state index contributed by atoms with van der Waals surface area (Å²) in [6, 6.07) is 0. The quantitative estimate of drug-likeness (QED) is 0.547. The van der Waals surface area contributed by atoms with Gasteiger partial charge in [0, 0.05) is 13.7 Å². The van der Waals surface area contributed by atoms with Crippen LogP contribution in [-0.4, -0.2) is 56.7 Å². The van der Waals surface area contributed by atoms with Crippen LogP contribution in [0, 0.1) is 0 Å². The maximum absolute atomic E-state index is 11.6. The molecule has 0 aromatic rings. The Morgan fingerprint density at radius 1 is 1.41 bits per heavy atom. The van der Waals surface area contributed by atoms with E-state index in [1.807, 2.05) is 0 Å². The van der Waals surface area contributed by atoms with Crippen molar-refractivity contribution in [1.29, 1.82) is 0 Å². The fraction of sp³-hybridized carbons (Fsp3) is 0.778. The lowest BCUT2D eigenvalue weighted by molar-refractivity contribution is -0.137. The van der Waals surface area contributed by atoms with Crippen LogP contribution < -0.4 is 5.32 Å². The monoisotopic (exact) mass is 267 g/mol. The van der Waals surface area contributed by atoms with Crippen LogP contribution in [0.3, 0.4) is 0 Å². The van der Waals surface area contributed by atoms with Crippen LogP contribution in [-0.2, 0) is 24.2 Å². The number of carbonyl (C=O) groups is 2. The number of hydrogen-bond donors (Lipinski definition) is 2. The summed E-state index contributed by atoms with van der Waals surface area (Å²) in [6.07, 6.45) is -0.506. The number of ether oxygens (including phenoxy) is 1. The molecule has 0 fully saturated rings. The van der Waals surface area contributed by atoms with E-state index in [-0.39, 0.29) is 13.2 Å². The van der Waals surface area contributed by atoms with Gasteiger partial charge in [-0.15, -0.1) is 0 Å². The number of nitrogens with one attached hydrogen (secondary N) is 1. The zero-order valence-corrected chi connectivity index (χ0v) is 10.6. The van der Waals surface area contributed by atoms with Crippen molar-refractivity contribution in [3.8, 4) is 0 Å². The van der Waals surface area contributed by atoms with Crippen molar-refractivity contribution >= 4 is 21.7 Å². The van der Waals surface area contributed by atoms with E-state index >= 15 is 0 Å². The van der Waals surface area contributed by atoms with Gasteiger partial charge in [0.2, 0.25) is 5.91 Å². The molecule has 0 aromatic carbocycles. The summed E-state index contributed by atoms with van der Waals surface area (Å²) in [5.41, 5.74) is 0. The number of sulfone groups is 1. The predicted octanol–water partition coefficient (Wildman–Crippen LogP) is -0.973. The summed E-state index contributed by atoms with van der Waals surface area (Å²) in [6.45, 7) is 1.78. The molecule has 8 heteroatoms. The Labute approximate surface area is 100 Å². The van der Waals surface area contributed by atoms with Gasteiger partial charge >= 0.3 is 5.97 Å². The maximum Gasteiger partial charge on any atom is 0.304 e. The lowest BCUT2D eigenvalue weighted by Gasteiger charge is -2.10. The SMILES string of the molecule is COCCNC(=O)CS(=O)(=O)C(C)CC(=O)O. The van der Waals surface area contributed by atoms with Gasteiger partial charge in [0.1, 0.15) is 5.75 Å². The molecule has 17 heavy (non-hydrogen) atoms. The van der Waals surface area contributed by atoms with Crippen LogP contribution in [0.2, 0.25) is 0 Å². The minimum atomic E-state index is -3.73. The molecule has 0 saturated carbocycles. The first-order valence-corrected chi connectivity index (χ1v) is 6.70. The van der Waals surface area contributed by atoms with E-state index in [2.05, 4.69) is 10.1 Å². The molecule has 0 radical (unpaired) electrons. The van der Waals surface area contributed by atoms with Crippen molar-refractivity contribution in [2.45, 2.75) is 18.6 Å². The van der Waals surface area contributed by atoms with Gasteiger partial charge in [0.05, 0.1) is 18.3 Å². The largest absolute Gasteiger partial charge is 0.481 e. The fourth-order valence-electron chi connectivity index (χ4n) is 1.04. The molecule has 0 saturated heterocycles. The van der Waals surface area contributed by atoms with Crippen molar-refractivity contribution < 1.29 is 27.9 Å². The molecule has 2 N–H and O–H groups in total. The summed E-state index contributed by atoms with van der Waals surface area (Å²) < 4.78 is 27.8. The molecule has 0 aliphatic carbocycles. The van der Waals surface area contributed by atoms with E-state index in [1.165, 1.54) is 14.0 Å². The van der Waals surface area contributed by atoms with Gasteiger partial charge < -0.3 is 15.2 Å². The van der Waals surface area contributed by atoms with E-state index in [0.29, 0.717) is 0 Å². The number of rotatable bonds is 8. The topological polar surface area (TPSA) is 110 Å². The van der Waals surface area contributed by atoms with Crippen LogP contribution in [0.1, 0.15) is 13.3 Å². The molecule has 0 aliphatic heterocycles. The third-order valence-corrected chi connectivity index (χ3v) is 4.09. The number of amides is 1. The van der Waals surface area contributed by atoms with Gasteiger partial charge in [-0.25, -0.2) is 8.42 Å². The number of methoxy groups -OCH3 is 1. The first-order chi connectivity index (χ1) is 7.79. The third-order valence-electron chi connectivity index (χ3n) is 2.04. The van der Waals surface area contributed by atoms with Crippen molar-refractivity contribution in [1.82, 2.24) is 5.32 Å². The highest BCUT2D eigenvalue weighted by Crippen LogP contribution is 2.06. The third kappa shape index (κ3) is 6.90. The molecule has 0 aromatic heterocycles. The lowest BCUT2D eigenvalue weighted by Crippen LogP contribution is -2.36. The standard InChI is InChI=1S/C9H17NO6S/c1-7(5-9(12)13)17(14,15)6-8(11)10-3-4-16-2/h7H,3-6H2,1-2H3,(H,10,11)(H,12,13). The first-order valence-electron chi connectivity index (χ1n) is 4.98. The molecular weight excluding hydrogens is 250 g/mol. The molecule has 0 heterocycles. The van der Waals surface area contributed by atoms with Crippen molar-refractivity contribution in [2.75, 3.05) is 26.0 Å². The average molecular weight is 267 g/mol. The van der Waals surface area contributed by atoms with Crippen molar-refractivity contribution in [3.63, 3.8) is 0 Å². The van der Waals surface area contributed by atoms with Gasteiger partial charge in [0.15, 0.2) is 9.84 Å². The van der Waals surface area contributed by atoms with E-state index in [1.54, 1.807) is 0 Å². The second-order valence-corrected chi connectivity index (χ2v) is 5.98. The van der Waals surface area contributed by atoms with Gasteiger partial charge in [-0.2, -0.15) is 0 Å². The zero-order chi connectivity index (χ0) is 13.5. The van der Waals surface area contributed by atoms with E-state index in [0.717, 1.165) is 0 Å². The Kier molecular flexibility index (Phi) is 6.74. The predicted molar refractivity (Wildman–Crippen MR) is 60.4 cm³/mol. The van der Waals surface area contributed by atoms with Gasteiger partial charge in [-0.05, 0) is 6.92 Å². The zero-order valence-electron chi connectivity index (χ0n) is 9.80. The highest BCUT2D eigenvalue weighted by molar-refractivity contribution is 7.92. The molecule has 0 spiro atoms. The number of aliphatic carboxylic acids is 1. The average Bonchev–Trinajstić information content (AvgIpc) is 2.16. The maximum atomic E-state index is 11.6. The Morgan fingerprint density at radius 3 is 2.47 bits per heavy atom. The fourth-order valence-corrected chi connectivity index (χ4v) is 2.19. The summed E-state index contributed by atoms with van der Waals surface area (Å²) in [5, 5.41) is 9.75. The van der Waals surface area contributed by atoms with Gasteiger partial charge in [-0.3, -0.25) is 9.59 Å². The van der Waals surface area contributed by atoms with Crippen molar-refractivity contribution in [3.05, 3.63) is 0 Å². The second kappa shape index (κ2) is 7.23. The molecule has 0 aliphatic rings. The summed E-state index contributed by atoms with van der Waals surface area (Å²) in [4.78, 5) is 21.6.